The molecule has 0 fully saturated rings. The molecule has 0 radical (unpaired) electrons. The van der Waals surface area contributed by atoms with Gasteiger partial charge in [-0.05, 0) is 19.3 Å². The molecule has 0 aliphatic rings. The average Bonchev–Trinajstić information content (AvgIpc) is 2.09. The second-order valence-electron chi connectivity index (χ2n) is 4.93. The molecule has 4 heteroatoms. The van der Waals surface area contributed by atoms with Crippen LogP contribution in [0.3, 0.4) is 0 Å². The Morgan fingerprint density at radius 3 is 2.20 bits per heavy atom. The molecule has 0 saturated heterocycles. The van der Waals surface area contributed by atoms with Gasteiger partial charge in [-0.25, -0.2) is 0 Å². The average molecular weight is 217 g/mol. The fourth-order valence-electron chi connectivity index (χ4n) is 0.869. The van der Waals surface area contributed by atoms with Crippen molar-refractivity contribution in [3.8, 4) is 0 Å². The molecule has 0 amide bonds. The molecule has 0 aromatic rings. The van der Waals surface area contributed by atoms with Gasteiger partial charge in [0.1, 0.15) is 12.6 Å². The highest BCUT2D eigenvalue weighted by Gasteiger charge is 2.28. The molecule has 0 aliphatic carbocycles. The summed E-state index contributed by atoms with van der Waals surface area (Å²) in [4.78, 5) is 11.4. The third-order valence-electron chi connectivity index (χ3n) is 1.97. The Bertz CT molecular complexity index is 196. The van der Waals surface area contributed by atoms with Gasteiger partial charge < -0.3 is 15.2 Å². The summed E-state index contributed by atoms with van der Waals surface area (Å²) in [5.74, 6) is -0.366. The highest BCUT2D eigenvalue weighted by Crippen LogP contribution is 2.18. The molecule has 0 rings (SSSR count). The van der Waals surface area contributed by atoms with Crippen molar-refractivity contribution in [1.29, 1.82) is 0 Å². The van der Waals surface area contributed by atoms with E-state index >= 15 is 0 Å². The van der Waals surface area contributed by atoms with Crippen molar-refractivity contribution >= 4 is 5.97 Å². The standard InChI is InChI=1S/C11H23NO3/c1-8(2)14-6-7-15-10(13)9(12)11(3,4)5/h8-9H,6-7,12H2,1-5H3. The molecular weight excluding hydrogens is 194 g/mol. The zero-order valence-electron chi connectivity index (χ0n) is 10.4. The van der Waals surface area contributed by atoms with E-state index in [0.717, 1.165) is 0 Å². The van der Waals surface area contributed by atoms with Crippen molar-refractivity contribution in [3.63, 3.8) is 0 Å². The van der Waals surface area contributed by atoms with Gasteiger partial charge in [0, 0.05) is 0 Å². The summed E-state index contributed by atoms with van der Waals surface area (Å²) < 4.78 is 10.2. The van der Waals surface area contributed by atoms with Crippen molar-refractivity contribution in [2.45, 2.75) is 46.8 Å². The summed E-state index contributed by atoms with van der Waals surface area (Å²) in [6.45, 7) is 10.3. The highest BCUT2D eigenvalue weighted by atomic mass is 16.6. The minimum Gasteiger partial charge on any atom is -0.462 e. The van der Waals surface area contributed by atoms with E-state index in [0.29, 0.717) is 6.61 Å². The fraction of sp³-hybridized carbons (Fsp3) is 0.909. The van der Waals surface area contributed by atoms with Gasteiger partial charge in [0.25, 0.3) is 0 Å². The van der Waals surface area contributed by atoms with Gasteiger partial charge in [0.15, 0.2) is 0 Å². The molecule has 1 unspecified atom stereocenters. The predicted octanol–water partition coefficient (Wildman–Crippen LogP) is 1.33. The normalized spacial score (nSPS) is 14.1. The number of nitrogens with two attached hydrogens (primary N) is 1. The van der Waals surface area contributed by atoms with E-state index < -0.39 is 6.04 Å². The molecular formula is C11H23NO3. The van der Waals surface area contributed by atoms with Crippen LogP contribution >= 0.6 is 0 Å². The molecule has 0 bridgehead atoms. The quantitative estimate of drug-likeness (QED) is 0.557. The molecule has 90 valence electrons. The second kappa shape index (κ2) is 6.08. The first kappa shape index (κ1) is 14.4. The van der Waals surface area contributed by atoms with Crippen molar-refractivity contribution in [2.24, 2.45) is 11.1 Å². The van der Waals surface area contributed by atoms with Crippen molar-refractivity contribution in [1.82, 2.24) is 0 Å². The third kappa shape index (κ3) is 6.47. The minimum absolute atomic E-state index is 0.153. The smallest absolute Gasteiger partial charge is 0.323 e. The monoisotopic (exact) mass is 217 g/mol. The van der Waals surface area contributed by atoms with Gasteiger partial charge in [-0.15, -0.1) is 0 Å². The van der Waals surface area contributed by atoms with E-state index in [1.807, 2.05) is 34.6 Å². The lowest BCUT2D eigenvalue weighted by Gasteiger charge is -2.24. The van der Waals surface area contributed by atoms with Gasteiger partial charge in [0.2, 0.25) is 0 Å². The van der Waals surface area contributed by atoms with Crippen LogP contribution in [0.5, 0.6) is 0 Å². The number of carbonyl (C=O) groups is 1. The van der Waals surface area contributed by atoms with E-state index in [9.17, 15) is 4.79 Å². The predicted molar refractivity (Wildman–Crippen MR) is 59.5 cm³/mol. The second-order valence-corrected chi connectivity index (χ2v) is 4.93. The van der Waals surface area contributed by atoms with Crippen LogP contribution in [0.25, 0.3) is 0 Å². The lowest BCUT2D eigenvalue weighted by molar-refractivity contribution is -0.149. The van der Waals surface area contributed by atoms with Gasteiger partial charge in [-0.2, -0.15) is 0 Å². The van der Waals surface area contributed by atoms with Crippen LogP contribution in [0.2, 0.25) is 0 Å². The Balaban J connectivity index is 3.75. The zero-order valence-corrected chi connectivity index (χ0v) is 10.4. The van der Waals surface area contributed by atoms with Crippen LogP contribution in [-0.2, 0) is 14.3 Å². The molecule has 0 saturated carbocycles. The Morgan fingerprint density at radius 1 is 1.27 bits per heavy atom. The lowest BCUT2D eigenvalue weighted by Crippen LogP contribution is -2.43. The molecule has 0 aromatic heterocycles. The van der Waals surface area contributed by atoms with E-state index in [2.05, 4.69) is 0 Å². The maximum absolute atomic E-state index is 11.4. The fourth-order valence-corrected chi connectivity index (χ4v) is 0.869. The molecule has 15 heavy (non-hydrogen) atoms. The molecule has 0 heterocycles. The number of ether oxygens (including phenoxy) is 2. The largest absolute Gasteiger partial charge is 0.462 e. The number of carbonyl (C=O) groups excluding carboxylic acids is 1. The van der Waals surface area contributed by atoms with Crippen molar-refractivity contribution < 1.29 is 14.3 Å². The third-order valence-corrected chi connectivity index (χ3v) is 1.97. The maximum Gasteiger partial charge on any atom is 0.323 e. The number of hydrogen-bond donors (Lipinski definition) is 1. The summed E-state index contributed by atoms with van der Waals surface area (Å²) in [7, 11) is 0. The zero-order chi connectivity index (χ0) is 12.1. The first-order valence-corrected chi connectivity index (χ1v) is 5.29. The number of rotatable bonds is 5. The van der Waals surface area contributed by atoms with E-state index in [4.69, 9.17) is 15.2 Å². The van der Waals surface area contributed by atoms with Crippen LogP contribution in [0.1, 0.15) is 34.6 Å². The molecule has 0 spiro atoms. The SMILES string of the molecule is CC(C)OCCOC(=O)C(N)C(C)(C)C. The topological polar surface area (TPSA) is 61.5 Å². The van der Waals surface area contributed by atoms with Crippen LogP contribution in [0, 0.1) is 5.41 Å². The maximum atomic E-state index is 11.4. The van der Waals surface area contributed by atoms with Gasteiger partial charge in [-0.1, -0.05) is 20.8 Å². The van der Waals surface area contributed by atoms with Gasteiger partial charge in [-0.3, -0.25) is 4.79 Å². The van der Waals surface area contributed by atoms with E-state index in [1.54, 1.807) is 0 Å². The van der Waals surface area contributed by atoms with E-state index in [1.165, 1.54) is 0 Å². The lowest BCUT2D eigenvalue weighted by atomic mass is 9.87. The molecule has 1 atom stereocenters. The van der Waals surface area contributed by atoms with Crippen LogP contribution < -0.4 is 5.73 Å². The van der Waals surface area contributed by atoms with Crippen LogP contribution in [0.4, 0.5) is 0 Å². The first-order valence-electron chi connectivity index (χ1n) is 5.29. The summed E-state index contributed by atoms with van der Waals surface area (Å²) in [6.07, 6.45) is 0.153. The number of hydrogen-bond acceptors (Lipinski definition) is 4. The first-order chi connectivity index (χ1) is 6.75. The van der Waals surface area contributed by atoms with Gasteiger partial charge in [0.05, 0.1) is 12.7 Å². The van der Waals surface area contributed by atoms with Crippen molar-refractivity contribution in [2.75, 3.05) is 13.2 Å². The Hall–Kier alpha value is -0.610. The Morgan fingerprint density at radius 2 is 1.80 bits per heavy atom. The summed E-state index contributed by atoms with van der Waals surface area (Å²) >= 11 is 0. The van der Waals surface area contributed by atoms with Crippen LogP contribution in [-0.4, -0.2) is 31.3 Å². The summed E-state index contributed by atoms with van der Waals surface area (Å²) in [6, 6.07) is -0.587. The van der Waals surface area contributed by atoms with E-state index in [-0.39, 0.29) is 24.1 Å². The molecule has 0 aromatic carbocycles. The summed E-state index contributed by atoms with van der Waals surface area (Å²) in [5, 5.41) is 0. The van der Waals surface area contributed by atoms with Crippen LogP contribution in [0.15, 0.2) is 0 Å². The molecule has 2 N–H and O–H groups in total. The Labute approximate surface area is 92.1 Å². The number of esters is 1. The summed E-state index contributed by atoms with van der Waals surface area (Å²) in [5.41, 5.74) is 5.45. The Kier molecular flexibility index (Phi) is 5.83. The molecule has 0 aliphatic heterocycles. The van der Waals surface area contributed by atoms with Crippen molar-refractivity contribution in [3.05, 3.63) is 0 Å². The molecule has 4 nitrogen and oxygen atoms in total. The minimum atomic E-state index is -0.587. The highest BCUT2D eigenvalue weighted by molar-refractivity contribution is 5.76. The van der Waals surface area contributed by atoms with Gasteiger partial charge >= 0.3 is 5.97 Å².